The largest absolute Gasteiger partial charge is 0.490 e. The molecule has 3 heterocycles. The topological polar surface area (TPSA) is 91.2 Å². The van der Waals surface area contributed by atoms with Crippen LogP contribution in [0.5, 0.6) is 0 Å². The van der Waals surface area contributed by atoms with Crippen LogP contribution >= 0.6 is 0 Å². The maximum atomic E-state index is 14.2. The van der Waals surface area contributed by atoms with Crippen molar-refractivity contribution in [3.05, 3.63) is 71.9 Å². The van der Waals surface area contributed by atoms with Crippen molar-refractivity contribution in [2.45, 2.75) is 44.9 Å². The second-order valence-corrected chi connectivity index (χ2v) is 8.42. The SMILES string of the molecule is Cc1cnc(NC2CCN(C(C)c3ccncc3)CC2)nc1-c1ccccc1F.O=C(O)C(F)(F)F. The van der Waals surface area contributed by atoms with E-state index in [9.17, 15) is 17.6 Å². The van der Waals surface area contributed by atoms with Crippen LogP contribution in [0.25, 0.3) is 11.3 Å². The van der Waals surface area contributed by atoms with Crippen molar-refractivity contribution in [3.8, 4) is 11.3 Å². The van der Waals surface area contributed by atoms with Gasteiger partial charge in [-0.05, 0) is 62.1 Å². The predicted molar refractivity (Wildman–Crippen MR) is 127 cm³/mol. The zero-order valence-corrected chi connectivity index (χ0v) is 19.8. The van der Waals surface area contributed by atoms with E-state index < -0.39 is 12.1 Å². The lowest BCUT2D eigenvalue weighted by Crippen LogP contribution is -2.40. The predicted octanol–water partition coefficient (Wildman–Crippen LogP) is 5.26. The number of carboxylic acids is 1. The van der Waals surface area contributed by atoms with E-state index in [2.05, 4.69) is 44.2 Å². The second kappa shape index (κ2) is 11.9. The van der Waals surface area contributed by atoms with Crippen molar-refractivity contribution in [1.82, 2.24) is 19.9 Å². The van der Waals surface area contributed by atoms with Gasteiger partial charge >= 0.3 is 12.1 Å². The summed E-state index contributed by atoms with van der Waals surface area (Å²) in [6.07, 6.45) is 2.41. The number of hydrogen-bond acceptors (Lipinski definition) is 6. The van der Waals surface area contributed by atoms with E-state index in [1.807, 2.05) is 25.4 Å². The number of likely N-dealkylation sites (tertiary alicyclic amines) is 1. The Balaban J connectivity index is 0.000000454. The smallest absolute Gasteiger partial charge is 0.475 e. The normalized spacial score (nSPS) is 15.5. The van der Waals surface area contributed by atoms with Crippen LogP contribution in [0, 0.1) is 12.7 Å². The molecule has 1 aliphatic heterocycles. The molecule has 1 aliphatic rings. The number of aromatic nitrogens is 3. The first-order valence-corrected chi connectivity index (χ1v) is 11.4. The first-order chi connectivity index (χ1) is 17.1. The maximum absolute atomic E-state index is 14.2. The van der Waals surface area contributed by atoms with Gasteiger partial charge in [-0.25, -0.2) is 19.2 Å². The third-order valence-corrected chi connectivity index (χ3v) is 5.94. The first-order valence-electron chi connectivity index (χ1n) is 11.4. The monoisotopic (exact) mass is 505 g/mol. The fraction of sp³-hybridized carbons (Fsp3) is 0.360. The van der Waals surface area contributed by atoms with Gasteiger partial charge in [0.2, 0.25) is 5.95 Å². The van der Waals surface area contributed by atoms with Crippen molar-refractivity contribution >= 4 is 11.9 Å². The third-order valence-electron chi connectivity index (χ3n) is 5.94. The molecule has 1 aromatic carbocycles. The minimum absolute atomic E-state index is 0.265. The van der Waals surface area contributed by atoms with Gasteiger partial charge in [0, 0.05) is 49.3 Å². The molecule has 0 radical (unpaired) electrons. The number of pyridine rings is 1. The molecule has 11 heteroatoms. The van der Waals surface area contributed by atoms with Crippen molar-refractivity contribution in [3.63, 3.8) is 0 Å². The van der Waals surface area contributed by atoms with Crippen molar-refractivity contribution in [2.75, 3.05) is 18.4 Å². The Bertz CT molecular complexity index is 1150. The number of carboxylic acid groups (broad SMARTS) is 1. The van der Waals surface area contributed by atoms with Gasteiger partial charge in [-0.3, -0.25) is 9.88 Å². The van der Waals surface area contributed by atoms with Gasteiger partial charge in [-0.2, -0.15) is 13.2 Å². The lowest BCUT2D eigenvalue weighted by molar-refractivity contribution is -0.192. The number of aliphatic carboxylic acids is 1. The number of piperidine rings is 1. The standard InChI is InChI=1S/C23H26FN5.C2HF3O2/c1-16-15-26-23(28-22(16)20-5-3-4-6-21(20)24)27-19-9-13-29(14-10-19)17(2)18-7-11-25-12-8-18;3-2(4,5)1(6)7/h3-8,11-12,15,17,19H,9-10,13-14H2,1-2H3,(H,26,27,28);(H,6,7). The van der Waals surface area contributed by atoms with Gasteiger partial charge in [0.15, 0.2) is 0 Å². The highest BCUT2D eigenvalue weighted by Crippen LogP contribution is 2.27. The summed E-state index contributed by atoms with van der Waals surface area (Å²) in [4.78, 5) is 24.5. The minimum Gasteiger partial charge on any atom is -0.475 e. The zero-order chi connectivity index (χ0) is 26.3. The fourth-order valence-corrected chi connectivity index (χ4v) is 3.90. The fourth-order valence-electron chi connectivity index (χ4n) is 3.90. The Morgan fingerprint density at radius 1 is 1.14 bits per heavy atom. The number of alkyl halides is 3. The average Bonchev–Trinajstić information content (AvgIpc) is 2.86. The highest BCUT2D eigenvalue weighted by atomic mass is 19.4. The number of hydrogen-bond donors (Lipinski definition) is 2. The molecule has 7 nitrogen and oxygen atoms in total. The molecule has 4 rings (SSSR count). The molecule has 0 bridgehead atoms. The van der Waals surface area contributed by atoms with Crippen molar-refractivity contribution < 1.29 is 27.5 Å². The summed E-state index contributed by atoms with van der Waals surface area (Å²) in [5.41, 5.74) is 3.31. The summed E-state index contributed by atoms with van der Waals surface area (Å²) in [6, 6.07) is 11.6. The quantitative estimate of drug-likeness (QED) is 0.457. The molecule has 0 amide bonds. The Labute approximate surface area is 206 Å². The minimum atomic E-state index is -5.08. The van der Waals surface area contributed by atoms with E-state index in [-0.39, 0.29) is 5.82 Å². The molecule has 1 saturated heterocycles. The molecule has 2 aromatic heterocycles. The molecular formula is C25H27F4N5O2. The number of aryl methyl sites for hydroxylation is 1. The number of carbonyl (C=O) groups is 1. The first kappa shape index (κ1) is 27.0. The molecule has 1 unspecified atom stereocenters. The highest BCUT2D eigenvalue weighted by molar-refractivity contribution is 5.73. The molecular weight excluding hydrogens is 478 g/mol. The van der Waals surface area contributed by atoms with Crippen molar-refractivity contribution in [2.24, 2.45) is 0 Å². The van der Waals surface area contributed by atoms with E-state index in [1.165, 1.54) is 11.6 Å². The van der Waals surface area contributed by atoms with E-state index in [1.54, 1.807) is 18.3 Å². The maximum Gasteiger partial charge on any atom is 0.490 e. The Hall–Kier alpha value is -3.60. The molecule has 0 saturated carbocycles. The van der Waals surface area contributed by atoms with Crippen LogP contribution in [-0.2, 0) is 4.79 Å². The van der Waals surface area contributed by atoms with E-state index >= 15 is 0 Å². The van der Waals surface area contributed by atoms with Gasteiger partial charge in [-0.1, -0.05) is 12.1 Å². The van der Waals surface area contributed by atoms with Gasteiger partial charge in [-0.15, -0.1) is 0 Å². The van der Waals surface area contributed by atoms with Crippen LogP contribution < -0.4 is 5.32 Å². The van der Waals surface area contributed by atoms with Crippen LogP contribution in [-0.4, -0.2) is 56.2 Å². The molecule has 192 valence electrons. The summed E-state index contributed by atoms with van der Waals surface area (Å²) in [7, 11) is 0. The lowest BCUT2D eigenvalue weighted by Gasteiger charge is -2.36. The van der Waals surface area contributed by atoms with E-state index in [4.69, 9.17) is 9.90 Å². The van der Waals surface area contributed by atoms with Gasteiger partial charge in [0.05, 0.1) is 5.69 Å². The number of nitrogens with zero attached hydrogens (tertiary/aromatic N) is 4. The zero-order valence-electron chi connectivity index (χ0n) is 19.8. The Morgan fingerprint density at radius 2 is 1.75 bits per heavy atom. The summed E-state index contributed by atoms with van der Waals surface area (Å²) >= 11 is 0. The molecule has 2 N–H and O–H groups in total. The van der Waals surface area contributed by atoms with Gasteiger partial charge in [0.25, 0.3) is 0 Å². The van der Waals surface area contributed by atoms with Gasteiger partial charge in [0.1, 0.15) is 5.82 Å². The molecule has 36 heavy (non-hydrogen) atoms. The molecule has 1 fully saturated rings. The highest BCUT2D eigenvalue weighted by Gasteiger charge is 2.38. The second-order valence-electron chi connectivity index (χ2n) is 8.42. The Morgan fingerprint density at radius 3 is 2.33 bits per heavy atom. The van der Waals surface area contributed by atoms with E-state index in [0.717, 1.165) is 31.5 Å². The molecule has 0 aliphatic carbocycles. The number of anilines is 1. The van der Waals surface area contributed by atoms with Crippen molar-refractivity contribution in [1.29, 1.82) is 0 Å². The number of halogens is 4. The summed E-state index contributed by atoms with van der Waals surface area (Å²) in [5, 5.41) is 10.6. The molecule has 3 aromatic rings. The average molecular weight is 506 g/mol. The lowest BCUT2D eigenvalue weighted by atomic mass is 10.0. The number of nitrogens with one attached hydrogen (secondary N) is 1. The summed E-state index contributed by atoms with van der Waals surface area (Å²) in [5.74, 6) is -2.46. The van der Waals surface area contributed by atoms with Crippen LogP contribution in [0.15, 0.2) is 55.0 Å². The third kappa shape index (κ3) is 7.20. The number of benzene rings is 1. The van der Waals surface area contributed by atoms with Gasteiger partial charge < -0.3 is 10.4 Å². The van der Waals surface area contributed by atoms with Crippen LogP contribution in [0.2, 0.25) is 0 Å². The summed E-state index contributed by atoms with van der Waals surface area (Å²) in [6.45, 7) is 6.16. The summed E-state index contributed by atoms with van der Waals surface area (Å²) < 4.78 is 46.0. The number of rotatable bonds is 5. The van der Waals surface area contributed by atoms with Crippen LogP contribution in [0.3, 0.4) is 0 Å². The van der Waals surface area contributed by atoms with Crippen LogP contribution in [0.4, 0.5) is 23.5 Å². The van der Waals surface area contributed by atoms with Crippen LogP contribution in [0.1, 0.15) is 36.9 Å². The van der Waals surface area contributed by atoms with E-state index in [0.29, 0.717) is 29.3 Å². The Kier molecular flexibility index (Phi) is 8.92. The molecule has 0 spiro atoms. The molecule has 1 atom stereocenters.